The second-order valence-corrected chi connectivity index (χ2v) is 4.15. The van der Waals surface area contributed by atoms with Gasteiger partial charge in [-0.1, -0.05) is 0 Å². The van der Waals surface area contributed by atoms with Crippen LogP contribution in [0, 0.1) is 0 Å². The van der Waals surface area contributed by atoms with Crippen LogP contribution in [-0.2, 0) is 11.2 Å². The van der Waals surface area contributed by atoms with E-state index >= 15 is 0 Å². The van der Waals surface area contributed by atoms with Crippen LogP contribution in [0.1, 0.15) is 43.8 Å². The van der Waals surface area contributed by atoms with Gasteiger partial charge in [0.25, 0.3) is 0 Å². The van der Waals surface area contributed by atoms with E-state index in [0.717, 1.165) is 31.0 Å². The second-order valence-electron chi connectivity index (χ2n) is 4.15. The van der Waals surface area contributed by atoms with Crippen molar-refractivity contribution in [1.29, 1.82) is 0 Å². The van der Waals surface area contributed by atoms with Crippen LogP contribution in [0.2, 0.25) is 0 Å². The van der Waals surface area contributed by atoms with Gasteiger partial charge in [0.05, 0.1) is 18.2 Å². The Bertz CT molecular complexity index is 303. The van der Waals surface area contributed by atoms with E-state index < -0.39 is 0 Å². The molecule has 4 nitrogen and oxygen atoms in total. The SMILES string of the molecule is CC(N)c1coc(CC2CCCCO2)n1. The number of hydrogen-bond donors (Lipinski definition) is 1. The minimum absolute atomic E-state index is 0.0604. The molecular formula is C11H18N2O2. The molecule has 0 amide bonds. The molecular weight excluding hydrogens is 192 g/mol. The second kappa shape index (κ2) is 4.77. The summed E-state index contributed by atoms with van der Waals surface area (Å²) in [4.78, 5) is 4.33. The molecule has 15 heavy (non-hydrogen) atoms. The van der Waals surface area contributed by atoms with Gasteiger partial charge in [-0.15, -0.1) is 0 Å². The third-order valence-corrected chi connectivity index (χ3v) is 2.71. The summed E-state index contributed by atoms with van der Waals surface area (Å²) in [6.45, 7) is 2.77. The molecule has 0 saturated carbocycles. The van der Waals surface area contributed by atoms with Crippen molar-refractivity contribution in [2.24, 2.45) is 5.73 Å². The third kappa shape index (κ3) is 2.79. The fourth-order valence-electron chi connectivity index (χ4n) is 1.79. The Kier molecular flexibility index (Phi) is 3.38. The Morgan fingerprint density at radius 2 is 2.47 bits per heavy atom. The summed E-state index contributed by atoms with van der Waals surface area (Å²) in [7, 11) is 0. The smallest absolute Gasteiger partial charge is 0.196 e. The first-order chi connectivity index (χ1) is 7.25. The van der Waals surface area contributed by atoms with Crippen LogP contribution in [0.15, 0.2) is 10.7 Å². The van der Waals surface area contributed by atoms with Gasteiger partial charge < -0.3 is 14.9 Å². The van der Waals surface area contributed by atoms with E-state index in [9.17, 15) is 0 Å². The Labute approximate surface area is 89.8 Å². The first-order valence-corrected chi connectivity index (χ1v) is 5.57. The number of oxazole rings is 1. The molecule has 0 aliphatic carbocycles. The lowest BCUT2D eigenvalue weighted by Crippen LogP contribution is -2.21. The van der Waals surface area contributed by atoms with Gasteiger partial charge in [0, 0.05) is 12.6 Å². The molecule has 2 heterocycles. The van der Waals surface area contributed by atoms with E-state index in [-0.39, 0.29) is 12.1 Å². The molecule has 0 radical (unpaired) electrons. The highest BCUT2D eigenvalue weighted by Crippen LogP contribution is 2.18. The number of nitrogens with two attached hydrogens (primary N) is 1. The average Bonchev–Trinajstić information content (AvgIpc) is 2.68. The van der Waals surface area contributed by atoms with Gasteiger partial charge in [0.1, 0.15) is 6.26 Å². The third-order valence-electron chi connectivity index (χ3n) is 2.71. The monoisotopic (exact) mass is 210 g/mol. The van der Waals surface area contributed by atoms with E-state index in [1.807, 2.05) is 6.92 Å². The largest absolute Gasteiger partial charge is 0.449 e. The minimum atomic E-state index is -0.0604. The predicted octanol–water partition coefficient (Wildman–Crippen LogP) is 1.81. The number of nitrogens with zero attached hydrogens (tertiary/aromatic N) is 1. The highest BCUT2D eigenvalue weighted by atomic mass is 16.5. The van der Waals surface area contributed by atoms with Crippen molar-refractivity contribution in [2.75, 3.05) is 6.61 Å². The van der Waals surface area contributed by atoms with E-state index in [0.29, 0.717) is 0 Å². The normalized spacial score (nSPS) is 24.0. The number of ether oxygens (including phenoxy) is 1. The molecule has 1 aromatic heterocycles. The molecule has 2 N–H and O–H groups in total. The van der Waals surface area contributed by atoms with Crippen LogP contribution in [0.5, 0.6) is 0 Å². The van der Waals surface area contributed by atoms with Crippen molar-refractivity contribution >= 4 is 0 Å². The quantitative estimate of drug-likeness (QED) is 0.826. The molecule has 4 heteroatoms. The summed E-state index contributed by atoms with van der Waals surface area (Å²) in [5, 5.41) is 0. The molecule has 2 unspecified atom stereocenters. The standard InChI is InChI=1S/C11H18N2O2/c1-8(12)10-7-15-11(13-10)6-9-4-2-3-5-14-9/h7-9H,2-6,12H2,1H3. The van der Waals surface area contributed by atoms with E-state index in [1.165, 1.54) is 12.8 Å². The lowest BCUT2D eigenvalue weighted by molar-refractivity contribution is 0.0132. The molecule has 1 saturated heterocycles. The van der Waals surface area contributed by atoms with Crippen LogP contribution in [0.4, 0.5) is 0 Å². The Hall–Kier alpha value is -0.870. The summed E-state index contributed by atoms with van der Waals surface area (Å²) in [6, 6.07) is -0.0604. The lowest BCUT2D eigenvalue weighted by atomic mass is 10.1. The van der Waals surface area contributed by atoms with Crippen LogP contribution in [0.25, 0.3) is 0 Å². The Balaban J connectivity index is 1.91. The summed E-state index contributed by atoms with van der Waals surface area (Å²) in [5.41, 5.74) is 6.53. The van der Waals surface area contributed by atoms with Gasteiger partial charge in [-0.3, -0.25) is 0 Å². The van der Waals surface area contributed by atoms with Gasteiger partial charge in [0.2, 0.25) is 0 Å². The molecule has 0 bridgehead atoms. The van der Waals surface area contributed by atoms with Gasteiger partial charge in [-0.2, -0.15) is 0 Å². The van der Waals surface area contributed by atoms with Crippen molar-refractivity contribution in [2.45, 2.75) is 44.8 Å². The molecule has 1 fully saturated rings. The van der Waals surface area contributed by atoms with E-state index in [2.05, 4.69) is 4.98 Å². The number of rotatable bonds is 3. The number of hydrogen-bond acceptors (Lipinski definition) is 4. The van der Waals surface area contributed by atoms with Crippen molar-refractivity contribution in [3.63, 3.8) is 0 Å². The van der Waals surface area contributed by atoms with Crippen LogP contribution in [-0.4, -0.2) is 17.7 Å². The highest BCUT2D eigenvalue weighted by molar-refractivity contribution is 5.01. The maximum Gasteiger partial charge on any atom is 0.196 e. The van der Waals surface area contributed by atoms with Gasteiger partial charge in [-0.25, -0.2) is 4.98 Å². The molecule has 1 aliphatic heterocycles. The van der Waals surface area contributed by atoms with Crippen LogP contribution < -0.4 is 5.73 Å². The molecule has 84 valence electrons. The zero-order valence-electron chi connectivity index (χ0n) is 9.11. The van der Waals surface area contributed by atoms with Crippen molar-refractivity contribution in [3.05, 3.63) is 17.8 Å². The fraction of sp³-hybridized carbons (Fsp3) is 0.727. The van der Waals surface area contributed by atoms with Crippen molar-refractivity contribution in [1.82, 2.24) is 4.98 Å². The zero-order valence-corrected chi connectivity index (χ0v) is 9.11. The molecule has 0 spiro atoms. The summed E-state index contributed by atoms with van der Waals surface area (Å²) in [5.74, 6) is 0.745. The molecule has 1 aliphatic rings. The average molecular weight is 210 g/mol. The summed E-state index contributed by atoms with van der Waals surface area (Å²) < 4.78 is 11.0. The first-order valence-electron chi connectivity index (χ1n) is 5.57. The van der Waals surface area contributed by atoms with Crippen molar-refractivity contribution in [3.8, 4) is 0 Å². The van der Waals surface area contributed by atoms with Gasteiger partial charge in [0.15, 0.2) is 5.89 Å². The van der Waals surface area contributed by atoms with Gasteiger partial charge >= 0.3 is 0 Å². The van der Waals surface area contributed by atoms with Crippen LogP contribution >= 0.6 is 0 Å². The summed E-state index contributed by atoms with van der Waals surface area (Å²) >= 11 is 0. The van der Waals surface area contributed by atoms with Crippen LogP contribution in [0.3, 0.4) is 0 Å². The molecule has 2 atom stereocenters. The van der Waals surface area contributed by atoms with Gasteiger partial charge in [-0.05, 0) is 26.2 Å². The number of aromatic nitrogens is 1. The Morgan fingerprint density at radius 1 is 1.60 bits per heavy atom. The molecule has 2 rings (SSSR count). The highest BCUT2D eigenvalue weighted by Gasteiger charge is 2.17. The predicted molar refractivity (Wildman–Crippen MR) is 56.4 cm³/mol. The fourth-order valence-corrected chi connectivity index (χ4v) is 1.79. The van der Waals surface area contributed by atoms with Crippen molar-refractivity contribution < 1.29 is 9.15 Å². The zero-order chi connectivity index (χ0) is 10.7. The maximum atomic E-state index is 5.71. The molecule has 1 aromatic rings. The summed E-state index contributed by atoms with van der Waals surface area (Å²) in [6.07, 6.45) is 6.21. The topological polar surface area (TPSA) is 61.3 Å². The lowest BCUT2D eigenvalue weighted by Gasteiger charge is -2.20. The minimum Gasteiger partial charge on any atom is -0.449 e. The Morgan fingerprint density at radius 3 is 3.07 bits per heavy atom. The van der Waals surface area contributed by atoms with E-state index in [4.69, 9.17) is 14.9 Å². The first kappa shape index (κ1) is 10.6. The molecule has 0 aromatic carbocycles. The van der Waals surface area contributed by atoms with E-state index in [1.54, 1.807) is 6.26 Å². The maximum absolute atomic E-state index is 5.71.